The molecule has 0 saturated carbocycles. The largest absolute Gasteiger partial charge is 0.493 e. The van der Waals surface area contributed by atoms with E-state index < -0.39 is 0 Å². The molecular formula is C23H32N2O2. The first-order valence-electron chi connectivity index (χ1n) is 10.1. The molecule has 2 rings (SSSR count). The predicted octanol–water partition coefficient (Wildman–Crippen LogP) is 5.74. The predicted molar refractivity (Wildman–Crippen MR) is 114 cm³/mol. The summed E-state index contributed by atoms with van der Waals surface area (Å²) in [7, 11) is 0. The minimum atomic E-state index is -0.144. The lowest BCUT2D eigenvalue weighted by molar-refractivity contribution is 0.102. The molecule has 0 fully saturated rings. The van der Waals surface area contributed by atoms with Crippen LogP contribution in [0.5, 0.6) is 5.75 Å². The fourth-order valence-corrected chi connectivity index (χ4v) is 3.03. The highest BCUT2D eigenvalue weighted by atomic mass is 16.5. The number of anilines is 2. The lowest BCUT2D eigenvalue weighted by Gasteiger charge is -2.21. The molecular weight excluding hydrogens is 336 g/mol. The first kappa shape index (κ1) is 20.8. The third kappa shape index (κ3) is 6.31. The molecule has 0 saturated heterocycles. The lowest BCUT2D eigenvalue weighted by atomic mass is 10.1. The van der Waals surface area contributed by atoms with E-state index in [9.17, 15) is 4.79 Å². The minimum Gasteiger partial charge on any atom is -0.493 e. The van der Waals surface area contributed by atoms with Crippen LogP contribution >= 0.6 is 0 Å². The zero-order valence-corrected chi connectivity index (χ0v) is 16.8. The van der Waals surface area contributed by atoms with E-state index in [1.807, 2.05) is 42.5 Å². The summed E-state index contributed by atoms with van der Waals surface area (Å²) in [6, 6.07) is 15.4. The van der Waals surface area contributed by atoms with Crippen LogP contribution in [-0.2, 0) is 0 Å². The van der Waals surface area contributed by atoms with E-state index in [0.29, 0.717) is 17.9 Å². The van der Waals surface area contributed by atoms with Crippen LogP contribution in [0.1, 0.15) is 56.8 Å². The van der Waals surface area contributed by atoms with Crippen molar-refractivity contribution in [3.05, 3.63) is 54.1 Å². The first-order valence-corrected chi connectivity index (χ1v) is 10.1. The number of unbranched alkanes of at least 4 members (excludes halogenated alkanes) is 3. The number of carbonyl (C=O) groups is 1. The highest BCUT2D eigenvalue weighted by molar-refractivity contribution is 6.06. The van der Waals surface area contributed by atoms with Crippen molar-refractivity contribution >= 4 is 17.3 Å². The average molecular weight is 369 g/mol. The Balaban J connectivity index is 1.99. The Morgan fingerprint density at radius 1 is 0.926 bits per heavy atom. The van der Waals surface area contributed by atoms with Crippen molar-refractivity contribution in [3.63, 3.8) is 0 Å². The van der Waals surface area contributed by atoms with Gasteiger partial charge in [0, 0.05) is 24.5 Å². The van der Waals surface area contributed by atoms with Crippen LogP contribution < -0.4 is 15.0 Å². The Bertz CT molecular complexity index is 694. The second kappa shape index (κ2) is 11.3. The van der Waals surface area contributed by atoms with Gasteiger partial charge in [0.25, 0.3) is 5.91 Å². The molecule has 0 aliphatic heterocycles. The van der Waals surface area contributed by atoms with Gasteiger partial charge in [-0.1, -0.05) is 38.3 Å². The van der Waals surface area contributed by atoms with Crippen molar-refractivity contribution in [3.8, 4) is 5.75 Å². The molecule has 0 aromatic heterocycles. The van der Waals surface area contributed by atoms with Crippen molar-refractivity contribution in [2.24, 2.45) is 0 Å². The molecule has 1 amide bonds. The normalized spacial score (nSPS) is 10.5. The van der Waals surface area contributed by atoms with Gasteiger partial charge in [0.2, 0.25) is 0 Å². The number of ether oxygens (including phenoxy) is 1. The smallest absolute Gasteiger partial charge is 0.259 e. The molecule has 146 valence electrons. The number of amides is 1. The van der Waals surface area contributed by atoms with Crippen LogP contribution in [0.4, 0.5) is 11.4 Å². The third-order valence-corrected chi connectivity index (χ3v) is 4.64. The van der Waals surface area contributed by atoms with E-state index in [4.69, 9.17) is 4.74 Å². The Labute approximate surface area is 163 Å². The molecule has 0 atom stereocenters. The summed E-state index contributed by atoms with van der Waals surface area (Å²) >= 11 is 0. The summed E-state index contributed by atoms with van der Waals surface area (Å²) < 4.78 is 5.85. The van der Waals surface area contributed by atoms with Crippen molar-refractivity contribution in [2.45, 2.75) is 46.5 Å². The van der Waals surface area contributed by atoms with Crippen LogP contribution in [0, 0.1) is 0 Å². The van der Waals surface area contributed by atoms with Gasteiger partial charge < -0.3 is 15.0 Å². The van der Waals surface area contributed by atoms with Gasteiger partial charge in [0.1, 0.15) is 5.75 Å². The molecule has 4 heteroatoms. The van der Waals surface area contributed by atoms with Crippen molar-refractivity contribution in [1.29, 1.82) is 0 Å². The van der Waals surface area contributed by atoms with Crippen molar-refractivity contribution < 1.29 is 9.53 Å². The van der Waals surface area contributed by atoms with E-state index in [1.54, 1.807) is 6.07 Å². The molecule has 4 nitrogen and oxygen atoms in total. The Hall–Kier alpha value is -2.49. The molecule has 0 aliphatic rings. The number of hydrogen-bond acceptors (Lipinski definition) is 3. The number of para-hydroxylation sites is 1. The minimum absolute atomic E-state index is 0.144. The SMILES string of the molecule is CCCCCCOc1ccccc1C(=O)Nc1ccc(N(CC)CC)cc1. The first-order chi connectivity index (χ1) is 13.2. The maximum absolute atomic E-state index is 12.7. The molecule has 1 N–H and O–H groups in total. The van der Waals surface area contributed by atoms with E-state index in [1.165, 1.54) is 12.8 Å². The summed E-state index contributed by atoms with van der Waals surface area (Å²) in [6.07, 6.45) is 4.58. The van der Waals surface area contributed by atoms with E-state index in [2.05, 4.69) is 31.0 Å². The zero-order chi connectivity index (χ0) is 19.5. The van der Waals surface area contributed by atoms with Crippen LogP contribution in [0.25, 0.3) is 0 Å². The molecule has 0 spiro atoms. The van der Waals surface area contributed by atoms with Gasteiger partial charge in [0.05, 0.1) is 12.2 Å². The van der Waals surface area contributed by atoms with Gasteiger partial charge in [0.15, 0.2) is 0 Å². The summed E-state index contributed by atoms with van der Waals surface area (Å²) in [5.41, 5.74) is 2.52. The maximum atomic E-state index is 12.7. The Morgan fingerprint density at radius 3 is 2.30 bits per heavy atom. The van der Waals surface area contributed by atoms with Gasteiger partial charge in [-0.2, -0.15) is 0 Å². The van der Waals surface area contributed by atoms with Crippen LogP contribution in [0.2, 0.25) is 0 Å². The second-order valence-corrected chi connectivity index (χ2v) is 6.58. The van der Waals surface area contributed by atoms with Gasteiger partial charge in [-0.05, 0) is 56.7 Å². The summed E-state index contributed by atoms with van der Waals surface area (Å²) in [4.78, 5) is 15.0. The summed E-state index contributed by atoms with van der Waals surface area (Å²) in [6.45, 7) is 9.03. The molecule has 0 aliphatic carbocycles. The Kier molecular flexibility index (Phi) is 8.69. The number of rotatable bonds is 11. The molecule has 0 heterocycles. The molecule has 0 bridgehead atoms. The van der Waals surface area contributed by atoms with Gasteiger partial charge in [-0.3, -0.25) is 4.79 Å². The van der Waals surface area contributed by atoms with Crippen LogP contribution in [-0.4, -0.2) is 25.6 Å². The van der Waals surface area contributed by atoms with Gasteiger partial charge >= 0.3 is 0 Å². The quantitative estimate of drug-likeness (QED) is 0.514. The van der Waals surface area contributed by atoms with E-state index in [-0.39, 0.29) is 5.91 Å². The molecule has 0 radical (unpaired) electrons. The third-order valence-electron chi connectivity index (χ3n) is 4.64. The number of benzene rings is 2. The van der Waals surface area contributed by atoms with E-state index >= 15 is 0 Å². The van der Waals surface area contributed by atoms with Crippen LogP contribution in [0.3, 0.4) is 0 Å². The fraction of sp³-hybridized carbons (Fsp3) is 0.435. The number of nitrogens with zero attached hydrogens (tertiary/aromatic N) is 1. The molecule has 27 heavy (non-hydrogen) atoms. The summed E-state index contributed by atoms with van der Waals surface area (Å²) in [5, 5.41) is 2.97. The van der Waals surface area contributed by atoms with Crippen LogP contribution in [0.15, 0.2) is 48.5 Å². The summed E-state index contributed by atoms with van der Waals surface area (Å²) in [5.74, 6) is 0.501. The monoisotopic (exact) mass is 368 g/mol. The zero-order valence-electron chi connectivity index (χ0n) is 16.8. The lowest BCUT2D eigenvalue weighted by Crippen LogP contribution is -2.21. The van der Waals surface area contributed by atoms with E-state index in [0.717, 1.165) is 37.3 Å². The molecule has 2 aromatic carbocycles. The highest BCUT2D eigenvalue weighted by Crippen LogP contribution is 2.22. The molecule has 2 aromatic rings. The second-order valence-electron chi connectivity index (χ2n) is 6.58. The van der Waals surface area contributed by atoms with Crippen molar-refractivity contribution in [2.75, 3.05) is 29.9 Å². The number of nitrogens with one attached hydrogen (secondary N) is 1. The fourth-order valence-electron chi connectivity index (χ4n) is 3.03. The van der Waals surface area contributed by atoms with Gasteiger partial charge in [-0.25, -0.2) is 0 Å². The van der Waals surface area contributed by atoms with Crippen molar-refractivity contribution in [1.82, 2.24) is 0 Å². The molecule has 0 unspecified atom stereocenters. The number of carbonyl (C=O) groups excluding carboxylic acids is 1. The number of hydrogen-bond donors (Lipinski definition) is 1. The average Bonchev–Trinajstić information content (AvgIpc) is 2.70. The standard InChI is InChI=1S/C23H32N2O2/c1-4-7-8-11-18-27-22-13-10-9-12-21(22)23(26)24-19-14-16-20(17-15-19)25(5-2)6-3/h9-10,12-17H,4-8,11,18H2,1-3H3,(H,24,26). The topological polar surface area (TPSA) is 41.6 Å². The Morgan fingerprint density at radius 2 is 1.63 bits per heavy atom. The maximum Gasteiger partial charge on any atom is 0.259 e. The highest BCUT2D eigenvalue weighted by Gasteiger charge is 2.12. The van der Waals surface area contributed by atoms with Gasteiger partial charge in [-0.15, -0.1) is 0 Å².